The van der Waals surface area contributed by atoms with Gasteiger partial charge in [0.2, 0.25) is 12.8 Å². The summed E-state index contributed by atoms with van der Waals surface area (Å²) < 4.78 is 10.6. The van der Waals surface area contributed by atoms with Gasteiger partial charge in [-0.2, -0.15) is 0 Å². The van der Waals surface area contributed by atoms with Gasteiger partial charge < -0.3 is 14.8 Å². The van der Waals surface area contributed by atoms with Gasteiger partial charge in [-0.25, -0.2) is 5.01 Å². The predicted molar refractivity (Wildman–Crippen MR) is 93.8 cm³/mol. The SMILES string of the molecule is Cl.N=C(NCc1ccc2c(c1)OCO2)NC(=N)NN1CCCCC1. The number of benzene rings is 1. The number of hydrogen-bond acceptors (Lipinski definition) is 5. The molecule has 0 unspecified atom stereocenters. The topological polar surface area (TPSA) is 105 Å². The van der Waals surface area contributed by atoms with E-state index in [1.165, 1.54) is 6.42 Å². The molecule has 1 fully saturated rings. The Hall–Kier alpha value is -2.19. The maximum atomic E-state index is 7.86. The molecular weight excluding hydrogens is 332 g/mol. The number of fused-ring (bicyclic) bond motifs is 1. The third-order valence-electron chi connectivity index (χ3n) is 3.78. The van der Waals surface area contributed by atoms with Crippen molar-refractivity contribution in [3.05, 3.63) is 23.8 Å². The highest BCUT2D eigenvalue weighted by Gasteiger charge is 2.14. The van der Waals surface area contributed by atoms with E-state index >= 15 is 0 Å². The fourth-order valence-electron chi connectivity index (χ4n) is 2.60. The van der Waals surface area contributed by atoms with Crippen LogP contribution in [0, 0.1) is 10.8 Å². The molecule has 3 rings (SSSR count). The van der Waals surface area contributed by atoms with Crippen LogP contribution in [0.25, 0.3) is 0 Å². The van der Waals surface area contributed by atoms with E-state index in [2.05, 4.69) is 16.1 Å². The van der Waals surface area contributed by atoms with Crippen LogP contribution < -0.4 is 25.5 Å². The Morgan fingerprint density at radius 3 is 2.58 bits per heavy atom. The number of guanidine groups is 2. The Morgan fingerprint density at radius 1 is 1.04 bits per heavy atom. The lowest BCUT2D eigenvalue weighted by atomic mass is 10.2. The molecule has 9 heteroatoms. The third-order valence-corrected chi connectivity index (χ3v) is 3.78. The molecule has 0 saturated carbocycles. The molecule has 2 heterocycles. The van der Waals surface area contributed by atoms with Crippen molar-refractivity contribution in [2.75, 3.05) is 19.9 Å². The second-order valence-corrected chi connectivity index (χ2v) is 5.58. The van der Waals surface area contributed by atoms with E-state index in [1.807, 2.05) is 23.2 Å². The minimum Gasteiger partial charge on any atom is -0.454 e. The van der Waals surface area contributed by atoms with E-state index in [9.17, 15) is 0 Å². The molecule has 2 aliphatic rings. The second-order valence-electron chi connectivity index (χ2n) is 5.58. The number of ether oxygens (including phenoxy) is 2. The first-order chi connectivity index (χ1) is 11.2. The van der Waals surface area contributed by atoms with Crippen molar-refractivity contribution in [3.63, 3.8) is 0 Å². The number of nitrogens with one attached hydrogen (secondary N) is 5. The van der Waals surface area contributed by atoms with Crippen LogP contribution in [0.1, 0.15) is 24.8 Å². The smallest absolute Gasteiger partial charge is 0.231 e. The van der Waals surface area contributed by atoms with Crippen molar-refractivity contribution >= 4 is 24.3 Å². The van der Waals surface area contributed by atoms with Gasteiger partial charge in [-0.05, 0) is 30.5 Å². The van der Waals surface area contributed by atoms with Crippen molar-refractivity contribution in [1.29, 1.82) is 10.8 Å². The number of nitrogens with zero attached hydrogens (tertiary/aromatic N) is 1. The highest BCUT2D eigenvalue weighted by molar-refractivity contribution is 5.95. The van der Waals surface area contributed by atoms with Gasteiger partial charge in [0.05, 0.1) is 0 Å². The molecule has 1 aromatic rings. The summed E-state index contributed by atoms with van der Waals surface area (Å²) in [7, 11) is 0. The van der Waals surface area contributed by atoms with Crippen molar-refractivity contribution in [2.45, 2.75) is 25.8 Å². The Labute approximate surface area is 147 Å². The van der Waals surface area contributed by atoms with Gasteiger partial charge in [0.25, 0.3) is 0 Å². The summed E-state index contributed by atoms with van der Waals surface area (Å²) in [4.78, 5) is 0. The zero-order chi connectivity index (χ0) is 16.1. The zero-order valence-corrected chi connectivity index (χ0v) is 14.2. The van der Waals surface area contributed by atoms with Gasteiger partial charge in [0, 0.05) is 19.6 Å². The summed E-state index contributed by atoms with van der Waals surface area (Å²) in [5, 5.41) is 23.4. The number of hydrogen-bond donors (Lipinski definition) is 5. The molecule has 2 aliphatic heterocycles. The molecule has 8 nitrogen and oxygen atoms in total. The van der Waals surface area contributed by atoms with Crippen LogP contribution in [-0.4, -0.2) is 36.8 Å². The quantitative estimate of drug-likeness (QED) is 0.415. The van der Waals surface area contributed by atoms with E-state index < -0.39 is 0 Å². The average Bonchev–Trinajstić information content (AvgIpc) is 3.01. The maximum absolute atomic E-state index is 7.86. The lowest BCUT2D eigenvalue weighted by molar-refractivity contribution is 0.174. The van der Waals surface area contributed by atoms with Gasteiger partial charge in [0.15, 0.2) is 17.5 Å². The molecule has 24 heavy (non-hydrogen) atoms. The maximum Gasteiger partial charge on any atom is 0.231 e. The fraction of sp³-hybridized carbons (Fsp3) is 0.467. The third kappa shape index (κ3) is 4.90. The fourth-order valence-corrected chi connectivity index (χ4v) is 2.60. The van der Waals surface area contributed by atoms with Crippen molar-refractivity contribution < 1.29 is 9.47 Å². The first kappa shape index (κ1) is 18.2. The van der Waals surface area contributed by atoms with Gasteiger partial charge in [-0.1, -0.05) is 12.5 Å². The molecule has 0 amide bonds. The minimum atomic E-state index is 0. The molecule has 0 spiro atoms. The van der Waals surface area contributed by atoms with E-state index in [1.54, 1.807) is 0 Å². The monoisotopic (exact) mass is 354 g/mol. The molecule has 0 radical (unpaired) electrons. The zero-order valence-electron chi connectivity index (χ0n) is 13.4. The molecule has 0 bridgehead atoms. The Kier molecular flexibility index (Phi) is 6.51. The minimum absolute atomic E-state index is 0. The van der Waals surface area contributed by atoms with Crippen LogP contribution in [0.15, 0.2) is 18.2 Å². The average molecular weight is 355 g/mol. The molecular formula is C15H23ClN6O2. The van der Waals surface area contributed by atoms with Gasteiger partial charge in [0.1, 0.15) is 0 Å². The van der Waals surface area contributed by atoms with Crippen LogP contribution in [-0.2, 0) is 6.54 Å². The van der Waals surface area contributed by atoms with Gasteiger partial charge in [-0.15, -0.1) is 12.4 Å². The highest BCUT2D eigenvalue weighted by atomic mass is 35.5. The first-order valence-corrected chi connectivity index (χ1v) is 7.79. The number of piperidine rings is 1. The largest absolute Gasteiger partial charge is 0.454 e. The Morgan fingerprint density at radius 2 is 1.79 bits per heavy atom. The lowest BCUT2D eigenvalue weighted by Gasteiger charge is -2.28. The summed E-state index contributed by atoms with van der Waals surface area (Å²) in [6.07, 6.45) is 3.52. The molecule has 0 atom stereocenters. The van der Waals surface area contributed by atoms with Crippen LogP contribution >= 0.6 is 12.4 Å². The summed E-state index contributed by atoms with van der Waals surface area (Å²) >= 11 is 0. The van der Waals surface area contributed by atoms with Gasteiger partial charge >= 0.3 is 0 Å². The summed E-state index contributed by atoms with van der Waals surface area (Å²) in [5.74, 6) is 1.66. The van der Waals surface area contributed by atoms with Crippen LogP contribution in [0.5, 0.6) is 11.5 Å². The molecule has 132 valence electrons. The molecule has 1 aromatic carbocycles. The van der Waals surface area contributed by atoms with Gasteiger partial charge in [-0.3, -0.25) is 21.6 Å². The standard InChI is InChI=1S/C15H22N6O2.ClH/c16-14(19-15(17)20-21-6-2-1-3-7-21)18-9-11-4-5-12-13(8-11)23-10-22-12;/h4-5,8H,1-3,6-7,9-10H2,(H5,16,17,18,19,20);1H. The van der Waals surface area contributed by atoms with E-state index in [-0.39, 0.29) is 31.1 Å². The van der Waals surface area contributed by atoms with E-state index in [0.717, 1.165) is 43.0 Å². The normalized spacial score (nSPS) is 16.0. The van der Waals surface area contributed by atoms with E-state index in [0.29, 0.717) is 6.54 Å². The Bertz CT molecular complexity index is 591. The Balaban J connectivity index is 0.00000208. The predicted octanol–water partition coefficient (Wildman–Crippen LogP) is 1.38. The highest BCUT2D eigenvalue weighted by Crippen LogP contribution is 2.32. The van der Waals surface area contributed by atoms with Crippen LogP contribution in [0.3, 0.4) is 0 Å². The summed E-state index contributed by atoms with van der Waals surface area (Å²) in [6.45, 7) is 2.59. The molecule has 1 saturated heterocycles. The number of rotatable bonds is 3. The summed E-state index contributed by atoms with van der Waals surface area (Å²) in [6, 6.07) is 5.67. The second kappa shape index (κ2) is 8.60. The van der Waals surface area contributed by atoms with Crippen molar-refractivity contribution in [2.24, 2.45) is 0 Å². The number of halogens is 1. The first-order valence-electron chi connectivity index (χ1n) is 7.79. The summed E-state index contributed by atoms with van der Waals surface area (Å²) in [5.41, 5.74) is 3.95. The van der Waals surface area contributed by atoms with Crippen molar-refractivity contribution in [3.8, 4) is 11.5 Å². The lowest BCUT2D eigenvalue weighted by Crippen LogP contribution is -2.53. The van der Waals surface area contributed by atoms with Crippen LogP contribution in [0.2, 0.25) is 0 Å². The molecule has 0 aliphatic carbocycles. The van der Waals surface area contributed by atoms with E-state index in [4.69, 9.17) is 20.3 Å². The molecule has 5 N–H and O–H groups in total. The number of hydrazine groups is 1. The van der Waals surface area contributed by atoms with Crippen molar-refractivity contribution in [1.82, 2.24) is 21.1 Å². The van der Waals surface area contributed by atoms with Crippen LogP contribution in [0.4, 0.5) is 0 Å². The molecule has 0 aromatic heterocycles.